The summed E-state index contributed by atoms with van der Waals surface area (Å²) in [6.45, 7) is 7.45. The molecule has 1 nitrogen and oxygen atoms in total. The molecule has 0 spiro atoms. The number of hydrogen-bond acceptors (Lipinski definition) is 1. The Kier molecular flexibility index (Phi) is 2.61. The molecular formula is C16H24O. The molecule has 3 saturated carbocycles. The van der Waals surface area contributed by atoms with Gasteiger partial charge < -0.3 is 4.42 Å². The zero-order valence-electron chi connectivity index (χ0n) is 11.3. The Morgan fingerprint density at radius 2 is 2.18 bits per heavy atom. The molecule has 0 aliphatic heterocycles. The minimum atomic E-state index is 0.631. The summed E-state index contributed by atoms with van der Waals surface area (Å²) in [5, 5.41) is 0. The molecule has 0 radical (unpaired) electrons. The van der Waals surface area contributed by atoms with Crippen molar-refractivity contribution in [3.8, 4) is 0 Å². The first-order valence-corrected chi connectivity index (χ1v) is 7.10. The second-order valence-corrected chi connectivity index (χ2v) is 6.89. The minimum Gasteiger partial charge on any atom is -0.472 e. The van der Waals surface area contributed by atoms with Crippen molar-refractivity contribution in [2.45, 2.75) is 46.5 Å². The average molecular weight is 232 g/mol. The SMILES string of the molecule is C[C@@H]1[C@@H](CCc2ccoc2)C[C@H]2C[C@@H]1C2(C)C. The molecule has 94 valence electrons. The molecule has 3 aliphatic rings. The van der Waals surface area contributed by atoms with Gasteiger partial charge >= 0.3 is 0 Å². The van der Waals surface area contributed by atoms with Gasteiger partial charge in [-0.05, 0) is 66.4 Å². The van der Waals surface area contributed by atoms with Crippen molar-refractivity contribution in [2.75, 3.05) is 0 Å². The number of fused-ring (bicyclic) bond motifs is 2. The second kappa shape index (κ2) is 3.90. The smallest absolute Gasteiger partial charge is 0.0934 e. The highest BCUT2D eigenvalue weighted by Crippen LogP contribution is 2.63. The molecule has 4 atom stereocenters. The van der Waals surface area contributed by atoms with Gasteiger partial charge in [-0.2, -0.15) is 0 Å². The molecule has 17 heavy (non-hydrogen) atoms. The van der Waals surface area contributed by atoms with Crippen LogP contribution in [0.15, 0.2) is 23.0 Å². The lowest BCUT2D eigenvalue weighted by molar-refractivity contribution is -0.129. The van der Waals surface area contributed by atoms with E-state index in [2.05, 4.69) is 26.8 Å². The lowest BCUT2D eigenvalue weighted by Gasteiger charge is -2.62. The van der Waals surface area contributed by atoms with Gasteiger partial charge in [-0.1, -0.05) is 20.8 Å². The number of hydrogen-bond donors (Lipinski definition) is 0. The maximum absolute atomic E-state index is 5.14. The fraction of sp³-hybridized carbons (Fsp3) is 0.750. The van der Waals surface area contributed by atoms with Crippen molar-refractivity contribution in [3.05, 3.63) is 24.2 Å². The van der Waals surface area contributed by atoms with E-state index in [9.17, 15) is 0 Å². The van der Waals surface area contributed by atoms with Crippen molar-refractivity contribution >= 4 is 0 Å². The van der Waals surface area contributed by atoms with Crippen molar-refractivity contribution < 1.29 is 4.42 Å². The van der Waals surface area contributed by atoms with Crippen LogP contribution < -0.4 is 0 Å². The average Bonchev–Trinajstić information content (AvgIpc) is 2.79. The molecule has 1 aromatic heterocycles. The maximum Gasteiger partial charge on any atom is 0.0934 e. The zero-order valence-corrected chi connectivity index (χ0v) is 11.3. The fourth-order valence-corrected chi connectivity index (χ4v) is 4.42. The molecule has 0 saturated heterocycles. The highest BCUT2D eigenvalue weighted by molar-refractivity contribution is 5.08. The molecule has 0 amide bonds. The molecule has 2 bridgehead atoms. The largest absolute Gasteiger partial charge is 0.472 e. The summed E-state index contributed by atoms with van der Waals surface area (Å²) >= 11 is 0. The topological polar surface area (TPSA) is 13.1 Å². The van der Waals surface area contributed by atoms with E-state index in [1.165, 1.54) is 31.2 Å². The standard InChI is InChI=1S/C16H24O/c1-11-13(5-4-12-6-7-17-10-12)8-14-9-15(11)16(14,2)3/h6-7,10-11,13-15H,4-5,8-9H2,1-3H3/t11-,13+,14+,15+/m1/s1. The first-order chi connectivity index (χ1) is 8.09. The number of aryl methyl sites for hydroxylation is 1. The van der Waals surface area contributed by atoms with Gasteiger partial charge in [0.05, 0.1) is 12.5 Å². The molecule has 1 heteroatoms. The van der Waals surface area contributed by atoms with Crippen LogP contribution in [0.4, 0.5) is 0 Å². The second-order valence-electron chi connectivity index (χ2n) is 6.89. The molecule has 3 fully saturated rings. The van der Waals surface area contributed by atoms with Crippen LogP contribution in [0.25, 0.3) is 0 Å². The summed E-state index contributed by atoms with van der Waals surface area (Å²) in [6.07, 6.45) is 9.20. The van der Waals surface area contributed by atoms with Crippen LogP contribution in [0.2, 0.25) is 0 Å². The van der Waals surface area contributed by atoms with Crippen molar-refractivity contribution in [1.82, 2.24) is 0 Å². The van der Waals surface area contributed by atoms with E-state index in [1.54, 1.807) is 6.26 Å². The highest BCUT2D eigenvalue weighted by atomic mass is 16.3. The number of furan rings is 1. The van der Waals surface area contributed by atoms with E-state index in [-0.39, 0.29) is 0 Å². The van der Waals surface area contributed by atoms with Gasteiger partial charge in [-0.15, -0.1) is 0 Å². The lowest BCUT2D eigenvalue weighted by atomic mass is 9.43. The molecule has 4 rings (SSSR count). The molecule has 0 N–H and O–H groups in total. The molecular weight excluding hydrogens is 208 g/mol. The third-order valence-electron chi connectivity index (χ3n) is 5.90. The van der Waals surface area contributed by atoms with Gasteiger partial charge in [0.1, 0.15) is 0 Å². The maximum atomic E-state index is 5.14. The molecule has 0 unspecified atom stereocenters. The first kappa shape index (κ1) is 11.4. The summed E-state index contributed by atoms with van der Waals surface area (Å²) in [5.41, 5.74) is 2.00. The predicted molar refractivity (Wildman–Crippen MR) is 69.7 cm³/mol. The molecule has 3 aliphatic carbocycles. The highest BCUT2D eigenvalue weighted by Gasteiger charge is 2.55. The van der Waals surface area contributed by atoms with Crippen molar-refractivity contribution in [2.24, 2.45) is 29.1 Å². The quantitative estimate of drug-likeness (QED) is 0.746. The van der Waals surface area contributed by atoms with Crippen molar-refractivity contribution in [1.29, 1.82) is 0 Å². The number of rotatable bonds is 3. The van der Waals surface area contributed by atoms with Crippen LogP contribution in [0.5, 0.6) is 0 Å². The van der Waals surface area contributed by atoms with Gasteiger partial charge in [-0.25, -0.2) is 0 Å². The molecule has 1 heterocycles. The van der Waals surface area contributed by atoms with E-state index in [1.807, 2.05) is 6.26 Å². The van der Waals surface area contributed by atoms with Gasteiger partial charge in [0.25, 0.3) is 0 Å². The molecule has 1 aromatic rings. The summed E-state index contributed by atoms with van der Waals surface area (Å²) in [6, 6.07) is 2.11. The van der Waals surface area contributed by atoms with Gasteiger partial charge in [0, 0.05) is 0 Å². The molecule has 0 aromatic carbocycles. The summed E-state index contributed by atoms with van der Waals surface area (Å²) in [5.74, 6) is 3.84. The van der Waals surface area contributed by atoms with Gasteiger partial charge in [0.15, 0.2) is 0 Å². The summed E-state index contributed by atoms with van der Waals surface area (Å²) in [4.78, 5) is 0. The monoisotopic (exact) mass is 232 g/mol. The normalized spacial score (nSPS) is 38.8. The van der Waals surface area contributed by atoms with Crippen LogP contribution in [-0.2, 0) is 6.42 Å². The van der Waals surface area contributed by atoms with Crippen LogP contribution >= 0.6 is 0 Å². The Balaban J connectivity index is 1.60. The van der Waals surface area contributed by atoms with Crippen molar-refractivity contribution in [3.63, 3.8) is 0 Å². The Labute approximate surface area is 105 Å². The van der Waals surface area contributed by atoms with E-state index in [4.69, 9.17) is 4.42 Å². The van der Waals surface area contributed by atoms with E-state index in [0.717, 1.165) is 23.7 Å². The van der Waals surface area contributed by atoms with E-state index >= 15 is 0 Å². The zero-order chi connectivity index (χ0) is 12.0. The Morgan fingerprint density at radius 1 is 1.35 bits per heavy atom. The van der Waals surface area contributed by atoms with Crippen LogP contribution in [-0.4, -0.2) is 0 Å². The first-order valence-electron chi connectivity index (χ1n) is 7.10. The Morgan fingerprint density at radius 3 is 2.76 bits per heavy atom. The summed E-state index contributed by atoms with van der Waals surface area (Å²) < 4.78 is 5.14. The Bertz CT molecular complexity index is 376. The van der Waals surface area contributed by atoms with Crippen LogP contribution in [0.1, 0.15) is 45.6 Å². The van der Waals surface area contributed by atoms with E-state index < -0.39 is 0 Å². The van der Waals surface area contributed by atoms with Gasteiger partial charge in [0.2, 0.25) is 0 Å². The predicted octanol–water partition coefficient (Wildman–Crippen LogP) is 4.53. The van der Waals surface area contributed by atoms with Gasteiger partial charge in [-0.3, -0.25) is 0 Å². The summed E-state index contributed by atoms with van der Waals surface area (Å²) in [7, 11) is 0. The van der Waals surface area contributed by atoms with E-state index in [0.29, 0.717) is 5.41 Å². The Hall–Kier alpha value is -0.720. The third-order valence-corrected chi connectivity index (χ3v) is 5.90. The van der Waals surface area contributed by atoms with Crippen LogP contribution in [0, 0.1) is 29.1 Å². The fourth-order valence-electron chi connectivity index (χ4n) is 4.42. The van der Waals surface area contributed by atoms with Crippen LogP contribution in [0.3, 0.4) is 0 Å². The third kappa shape index (κ3) is 1.75. The lowest BCUT2D eigenvalue weighted by Crippen LogP contribution is -2.54. The minimum absolute atomic E-state index is 0.631.